The van der Waals surface area contributed by atoms with Gasteiger partial charge in [0.1, 0.15) is 0 Å². The van der Waals surface area contributed by atoms with E-state index in [9.17, 15) is 0 Å². The van der Waals surface area contributed by atoms with Gasteiger partial charge in [0, 0.05) is 37.4 Å². The van der Waals surface area contributed by atoms with Crippen molar-refractivity contribution in [3.05, 3.63) is 12.3 Å². The summed E-state index contributed by atoms with van der Waals surface area (Å²) in [5.74, 6) is 0. The summed E-state index contributed by atoms with van der Waals surface area (Å²) in [4.78, 5) is 4.95. The molecule has 1 saturated heterocycles. The molecule has 0 spiro atoms. The predicted octanol–water partition coefficient (Wildman–Crippen LogP) is 1.65. The van der Waals surface area contributed by atoms with Crippen LogP contribution >= 0.6 is 0 Å². The smallest absolute Gasteiger partial charge is 0.0543 e. The highest BCUT2D eigenvalue weighted by Crippen LogP contribution is 2.23. The highest BCUT2D eigenvalue weighted by Gasteiger charge is 2.33. The van der Waals surface area contributed by atoms with Crippen LogP contribution in [0.3, 0.4) is 0 Å². The molecule has 1 rings (SSSR count). The van der Waals surface area contributed by atoms with Crippen molar-refractivity contribution < 1.29 is 0 Å². The Kier molecular flexibility index (Phi) is 3.70. The summed E-state index contributed by atoms with van der Waals surface area (Å²) in [6.45, 7) is 19.4. The van der Waals surface area contributed by atoms with E-state index in [0.717, 1.165) is 31.9 Å². The predicted molar refractivity (Wildman–Crippen MR) is 70.3 cm³/mol. The van der Waals surface area contributed by atoms with Crippen LogP contribution in [0.25, 0.3) is 0 Å². The lowest BCUT2D eigenvalue weighted by atomic mass is 9.97. The van der Waals surface area contributed by atoms with Gasteiger partial charge < -0.3 is 5.73 Å². The molecule has 2 N–H and O–H groups in total. The van der Waals surface area contributed by atoms with Gasteiger partial charge in [-0.05, 0) is 34.6 Å². The molecule has 0 aromatic carbocycles. The Balaban J connectivity index is 2.59. The first-order valence-electron chi connectivity index (χ1n) is 6.10. The Bertz CT molecular complexity index is 255. The van der Waals surface area contributed by atoms with E-state index in [0.29, 0.717) is 0 Å². The number of nitrogens with two attached hydrogens (primary N) is 1. The molecule has 1 heterocycles. The average Bonchev–Trinajstić information content (AvgIpc) is 2.16. The lowest BCUT2D eigenvalue weighted by molar-refractivity contribution is 0.0264. The van der Waals surface area contributed by atoms with Crippen LogP contribution in [0.4, 0.5) is 0 Å². The van der Waals surface area contributed by atoms with Gasteiger partial charge in [0.05, 0.1) is 5.54 Å². The molecule has 0 atom stereocenters. The van der Waals surface area contributed by atoms with E-state index in [-0.39, 0.29) is 11.1 Å². The van der Waals surface area contributed by atoms with Gasteiger partial charge in [0.15, 0.2) is 0 Å². The Labute approximate surface area is 100 Å². The Morgan fingerprint density at radius 1 is 0.938 bits per heavy atom. The third-order valence-corrected chi connectivity index (χ3v) is 3.80. The summed E-state index contributed by atoms with van der Waals surface area (Å²) in [6.07, 6.45) is 0. The van der Waals surface area contributed by atoms with Crippen molar-refractivity contribution >= 4 is 0 Å². The molecule has 0 unspecified atom stereocenters. The van der Waals surface area contributed by atoms with Crippen LogP contribution in [0.15, 0.2) is 12.3 Å². The van der Waals surface area contributed by atoms with Crippen molar-refractivity contribution in [1.29, 1.82) is 0 Å². The summed E-state index contributed by atoms with van der Waals surface area (Å²) in [6, 6.07) is 0. The average molecular weight is 225 g/mol. The first-order valence-corrected chi connectivity index (χ1v) is 6.10. The van der Waals surface area contributed by atoms with Gasteiger partial charge in [-0.1, -0.05) is 6.58 Å². The normalized spacial score (nSPS) is 21.1. The van der Waals surface area contributed by atoms with E-state index in [2.05, 4.69) is 51.0 Å². The molecule has 0 aromatic heterocycles. The molecule has 1 aliphatic heterocycles. The Hall–Kier alpha value is -0.540. The van der Waals surface area contributed by atoms with Gasteiger partial charge >= 0.3 is 0 Å². The molecule has 3 heteroatoms. The standard InChI is InChI=1S/C13H27N3/c1-11(14)13(5,6)16-9-7-15(8-10-16)12(2,3)4/h1,7-10,14H2,2-6H3. The van der Waals surface area contributed by atoms with Gasteiger partial charge in [-0.25, -0.2) is 0 Å². The zero-order chi connectivity index (χ0) is 12.6. The second-order valence-electron chi connectivity index (χ2n) is 6.23. The molecular formula is C13H27N3. The SMILES string of the molecule is C=C(N)C(C)(C)N1CCN(C(C)(C)C)CC1. The zero-order valence-corrected chi connectivity index (χ0v) is 11.5. The number of nitrogens with zero attached hydrogens (tertiary/aromatic N) is 2. The third-order valence-electron chi connectivity index (χ3n) is 3.80. The minimum absolute atomic E-state index is 0.0794. The van der Waals surface area contributed by atoms with Crippen LogP contribution in [0.5, 0.6) is 0 Å². The highest BCUT2D eigenvalue weighted by atomic mass is 15.3. The maximum Gasteiger partial charge on any atom is 0.0543 e. The van der Waals surface area contributed by atoms with Gasteiger partial charge in [0.25, 0.3) is 0 Å². The van der Waals surface area contributed by atoms with Crippen molar-refractivity contribution in [3.8, 4) is 0 Å². The Morgan fingerprint density at radius 3 is 1.62 bits per heavy atom. The molecule has 0 radical (unpaired) electrons. The molecule has 1 aliphatic rings. The topological polar surface area (TPSA) is 32.5 Å². The fourth-order valence-electron chi connectivity index (χ4n) is 2.14. The second-order valence-corrected chi connectivity index (χ2v) is 6.23. The first kappa shape index (κ1) is 13.5. The van der Waals surface area contributed by atoms with Crippen LogP contribution in [-0.2, 0) is 0 Å². The fourth-order valence-corrected chi connectivity index (χ4v) is 2.14. The summed E-state index contributed by atoms with van der Waals surface area (Å²) in [7, 11) is 0. The summed E-state index contributed by atoms with van der Waals surface area (Å²) in [5, 5.41) is 0. The maximum atomic E-state index is 5.87. The van der Waals surface area contributed by atoms with Crippen molar-refractivity contribution in [3.63, 3.8) is 0 Å². The molecule has 0 bridgehead atoms. The van der Waals surface area contributed by atoms with Crippen LogP contribution in [0.1, 0.15) is 34.6 Å². The highest BCUT2D eigenvalue weighted by molar-refractivity contribution is 5.10. The van der Waals surface area contributed by atoms with Crippen LogP contribution in [0, 0.1) is 0 Å². The molecular weight excluding hydrogens is 198 g/mol. The maximum absolute atomic E-state index is 5.87. The van der Waals surface area contributed by atoms with Crippen molar-refractivity contribution in [2.75, 3.05) is 26.2 Å². The molecule has 94 valence electrons. The quantitative estimate of drug-likeness (QED) is 0.775. The van der Waals surface area contributed by atoms with Crippen LogP contribution < -0.4 is 5.73 Å². The van der Waals surface area contributed by atoms with Gasteiger partial charge in [-0.3, -0.25) is 9.80 Å². The third kappa shape index (κ3) is 2.77. The lowest BCUT2D eigenvalue weighted by Crippen LogP contribution is -2.59. The number of piperazine rings is 1. The molecule has 0 amide bonds. The van der Waals surface area contributed by atoms with Crippen molar-refractivity contribution in [2.45, 2.75) is 45.7 Å². The van der Waals surface area contributed by atoms with Crippen molar-refractivity contribution in [1.82, 2.24) is 9.80 Å². The van der Waals surface area contributed by atoms with E-state index in [1.54, 1.807) is 0 Å². The molecule has 0 saturated carbocycles. The molecule has 1 fully saturated rings. The van der Waals surface area contributed by atoms with Crippen molar-refractivity contribution in [2.24, 2.45) is 5.73 Å². The lowest BCUT2D eigenvalue weighted by Gasteiger charge is -2.47. The molecule has 16 heavy (non-hydrogen) atoms. The monoisotopic (exact) mass is 225 g/mol. The van der Waals surface area contributed by atoms with Gasteiger partial charge in [-0.2, -0.15) is 0 Å². The minimum Gasteiger partial charge on any atom is -0.401 e. The Morgan fingerprint density at radius 2 is 1.31 bits per heavy atom. The summed E-state index contributed by atoms with van der Waals surface area (Å²) < 4.78 is 0. The first-order chi connectivity index (χ1) is 7.15. The summed E-state index contributed by atoms with van der Waals surface area (Å²) >= 11 is 0. The number of hydrogen-bond acceptors (Lipinski definition) is 3. The number of hydrogen-bond donors (Lipinski definition) is 1. The molecule has 0 aromatic rings. The van der Waals surface area contributed by atoms with E-state index in [1.165, 1.54) is 0 Å². The van der Waals surface area contributed by atoms with E-state index in [4.69, 9.17) is 5.73 Å². The van der Waals surface area contributed by atoms with E-state index in [1.807, 2.05) is 0 Å². The minimum atomic E-state index is -0.0794. The van der Waals surface area contributed by atoms with E-state index >= 15 is 0 Å². The van der Waals surface area contributed by atoms with Gasteiger partial charge in [0.2, 0.25) is 0 Å². The number of rotatable bonds is 2. The van der Waals surface area contributed by atoms with Crippen LogP contribution in [-0.4, -0.2) is 47.1 Å². The fraction of sp³-hybridized carbons (Fsp3) is 0.846. The zero-order valence-electron chi connectivity index (χ0n) is 11.5. The molecule has 0 aliphatic carbocycles. The van der Waals surface area contributed by atoms with Crippen LogP contribution in [0.2, 0.25) is 0 Å². The van der Waals surface area contributed by atoms with Gasteiger partial charge in [-0.15, -0.1) is 0 Å². The van der Waals surface area contributed by atoms with E-state index < -0.39 is 0 Å². The summed E-state index contributed by atoms with van der Waals surface area (Å²) in [5.41, 5.74) is 6.83. The second kappa shape index (κ2) is 4.38. The molecule has 3 nitrogen and oxygen atoms in total. The largest absolute Gasteiger partial charge is 0.401 e.